The van der Waals surface area contributed by atoms with Crippen molar-refractivity contribution < 1.29 is 40.2 Å². The van der Waals surface area contributed by atoms with Crippen LogP contribution in [0.5, 0.6) is 23.0 Å². The van der Waals surface area contributed by atoms with Crippen LogP contribution in [0.15, 0.2) is 30.6 Å². The minimum Gasteiger partial charge on any atom is -0.508 e. The van der Waals surface area contributed by atoms with Crippen LogP contribution in [0.4, 0.5) is 0 Å². The van der Waals surface area contributed by atoms with E-state index in [1.165, 1.54) is 0 Å². The number of nitrogens with zero attached hydrogens (tertiary/aromatic N) is 3. The van der Waals surface area contributed by atoms with E-state index in [-0.39, 0.29) is 28.3 Å². The summed E-state index contributed by atoms with van der Waals surface area (Å²) in [4.78, 5) is 33.6. The van der Waals surface area contributed by atoms with Crippen LogP contribution in [0, 0.1) is 0 Å². The summed E-state index contributed by atoms with van der Waals surface area (Å²) in [6.45, 7) is 0. The fourth-order valence-electron chi connectivity index (χ4n) is 2.59. The molecule has 6 N–H and O–H groups in total. The average molecular weight is 399 g/mol. The molecule has 0 saturated carbocycles. The van der Waals surface area contributed by atoms with E-state index in [1.807, 2.05) is 0 Å². The van der Waals surface area contributed by atoms with Gasteiger partial charge in [-0.15, -0.1) is 0 Å². The summed E-state index contributed by atoms with van der Waals surface area (Å²) >= 11 is 0. The second-order valence-electron chi connectivity index (χ2n) is 5.89. The zero-order chi connectivity index (χ0) is 21.3. The van der Waals surface area contributed by atoms with Gasteiger partial charge in [-0.25, -0.2) is 19.7 Å². The monoisotopic (exact) mass is 399 g/mol. The van der Waals surface area contributed by atoms with Gasteiger partial charge in [0.05, 0.1) is 17.5 Å². The van der Waals surface area contributed by atoms with Crippen LogP contribution in [0.25, 0.3) is 22.8 Å². The summed E-state index contributed by atoms with van der Waals surface area (Å²) in [6, 6.07) is 3.94. The molecule has 0 radical (unpaired) electrons. The molecule has 29 heavy (non-hydrogen) atoms. The third-order valence-electron chi connectivity index (χ3n) is 3.94. The van der Waals surface area contributed by atoms with E-state index in [4.69, 9.17) is 10.2 Å². The Morgan fingerprint density at radius 3 is 1.86 bits per heavy atom. The minimum atomic E-state index is -1.44. The van der Waals surface area contributed by atoms with Crippen molar-refractivity contribution in [3.05, 3.63) is 41.7 Å². The summed E-state index contributed by atoms with van der Waals surface area (Å²) < 4.78 is 0. The highest BCUT2D eigenvalue weighted by Gasteiger charge is 2.19. The number of carboxylic acids is 2. The first-order valence-corrected chi connectivity index (χ1v) is 7.93. The number of aromatic carboxylic acids is 1. The second kappa shape index (κ2) is 7.31. The van der Waals surface area contributed by atoms with E-state index in [0.717, 1.165) is 30.6 Å². The Labute approximate surface area is 161 Å². The molecule has 1 heterocycles. The number of aromatic nitrogens is 3. The molecular formula is C18H13N3O8. The van der Waals surface area contributed by atoms with E-state index < -0.39 is 46.9 Å². The van der Waals surface area contributed by atoms with Crippen molar-refractivity contribution in [3.8, 4) is 45.8 Å². The first kappa shape index (κ1) is 19.4. The van der Waals surface area contributed by atoms with Crippen molar-refractivity contribution in [1.82, 2.24) is 15.0 Å². The number of aliphatic carboxylic acids is 1. The molecular weight excluding hydrogens is 386 g/mol. The van der Waals surface area contributed by atoms with Gasteiger partial charge in [-0.3, -0.25) is 4.79 Å². The zero-order valence-electron chi connectivity index (χ0n) is 14.4. The lowest BCUT2D eigenvalue weighted by Gasteiger charge is -2.10. The van der Waals surface area contributed by atoms with Gasteiger partial charge in [-0.1, -0.05) is 0 Å². The molecule has 0 unspecified atom stereocenters. The normalized spacial score (nSPS) is 10.6. The Balaban J connectivity index is 2.08. The van der Waals surface area contributed by atoms with Crippen molar-refractivity contribution in [3.63, 3.8) is 0 Å². The predicted octanol–water partition coefficient (Wildman–Crippen LogP) is 1.35. The fraction of sp³-hybridized carbons (Fsp3) is 0.0556. The van der Waals surface area contributed by atoms with Gasteiger partial charge in [0.15, 0.2) is 11.6 Å². The maximum Gasteiger partial charge on any atom is 0.339 e. The van der Waals surface area contributed by atoms with Crippen LogP contribution in [0.2, 0.25) is 0 Å². The molecule has 11 nitrogen and oxygen atoms in total. The molecule has 0 aliphatic rings. The Bertz CT molecular complexity index is 1150. The Hall–Kier alpha value is -4.41. The van der Waals surface area contributed by atoms with Crippen molar-refractivity contribution in [2.45, 2.75) is 6.42 Å². The molecule has 0 spiro atoms. The van der Waals surface area contributed by atoms with Crippen molar-refractivity contribution in [2.24, 2.45) is 0 Å². The Morgan fingerprint density at radius 1 is 0.759 bits per heavy atom. The number of carboxylic acid groups (broad SMARTS) is 2. The molecule has 2 aromatic carbocycles. The number of hydrogen-bond acceptors (Lipinski definition) is 9. The van der Waals surface area contributed by atoms with E-state index in [2.05, 4.69) is 15.0 Å². The molecule has 3 rings (SSSR count). The minimum absolute atomic E-state index is 0.0140. The van der Waals surface area contributed by atoms with Crippen LogP contribution in [0.1, 0.15) is 15.9 Å². The summed E-state index contributed by atoms with van der Waals surface area (Å²) in [5.41, 5.74) is -0.662. The molecule has 0 aliphatic heterocycles. The van der Waals surface area contributed by atoms with E-state index >= 15 is 0 Å². The first-order chi connectivity index (χ1) is 13.7. The van der Waals surface area contributed by atoms with Crippen LogP contribution in [-0.4, -0.2) is 57.5 Å². The number of hydrogen-bond donors (Lipinski definition) is 6. The van der Waals surface area contributed by atoms with Gasteiger partial charge < -0.3 is 30.6 Å². The van der Waals surface area contributed by atoms with Crippen molar-refractivity contribution in [1.29, 1.82) is 0 Å². The highest BCUT2D eigenvalue weighted by atomic mass is 16.4. The van der Waals surface area contributed by atoms with Gasteiger partial charge in [0.25, 0.3) is 0 Å². The summed E-state index contributed by atoms with van der Waals surface area (Å²) in [5.74, 6) is -4.83. The maximum atomic E-state index is 11.0. The van der Waals surface area contributed by atoms with Crippen molar-refractivity contribution >= 4 is 11.9 Å². The van der Waals surface area contributed by atoms with Crippen LogP contribution >= 0.6 is 0 Å². The largest absolute Gasteiger partial charge is 0.508 e. The zero-order valence-corrected chi connectivity index (χ0v) is 14.4. The lowest BCUT2D eigenvalue weighted by atomic mass is 10.1. The maximum absolute atomic E-state index is 11.0. The van der Waals surface area contributed by atoms with Gasteiger partial charge in [0.1, 0.15) is 34.9 Å². The predicted molar refractivity (Wildman–Crippen MR) is 95.7 cm³/mol. The Kier molecular flexibility index (Phi) is 4.88. The number of rotatable bonds is 5. The molecule has 0 saturated heterocycles. The van der Waals surface area contributed by atoms with E-state index in [1.54, 1.807) is 0 Å². The molecule has 0 amide bonds. The molecule has 0 fully saturated rings. The van der Waals surface area contributed by atoms with Gasteiger partial charge in [-0.2, -0.15) is 0 Å². The average Bonchev–Trinajstić information content (AvgIpc) is 2.65. The lowest BCUT2D eigenvalue weighted by molar-refractivity contribution is -0.136. The topological polar surface area (TPSA) is 194 Å². The van der Waals surface area contributed by atoms with E-state index in [0.29, 0.717) is 0 Å². The highest BCUT2D eigenvalue weighted by Crippen LogP contribution is 2.36. The second-order valence-corrected chi connectivity index (χ2v) is 5.89. The molecule has 0 atom stereocenters. The third kappa shape index (κ3) is 3.83. The lowest BCUT2D eigenvalue weighted by Crippen LogP contribution is -2.01. The van der Waals surface area contributed by atoms with Gasteiger partial charge in [-0.05, 0) is 24.3 Å². The van der Waals surface area contributed by atoms with Gasteiger partial charge >= 0.3 is 11.9 Å². The smallest absolute Gasteiger partial charge is 0.339 e. The molecule has 0 aliphatic carbocycles. The molecule has 148 valence electrons. The summed E-state index contributed by atoms with van der Waals surface area (Å²) in [5, 5.41) is 57.9. The van der Waals surface area contributed by atoms with Gasteiger partial charge in [0, 0.05) is 5.56 Å². The molecule has 1 aromatic heterocycles. The summed E-state index contributed by atoms with van der Waals surface area (Å²) in [6.07, 6.45) is 0.534. The number of benzene rings is 2. The van der Waals surface area contributed by atoms with Gasteiger partial charge in [0.2, 0.25) is 0 Å². The van der Waals surface area contributed by atoms with Crippen LogP contribution in [0.3, 0.4) is 0 Å². The number of carbonyl (C=O) groups is 2. The standard InChI is InChI=1S/C18H13N3O8/c22-11-3-8(12(23)1-7(11)2-15(26)27)16-19-6-20-17(21-16)9-4-14(25)10(18(28)29)5-13(9)24/h1,3-6,22-25H,2H2,(H,26,27)(H,28,29). The van der Waals surface area contributed by atoms with Crippen molar-refractivity contribution in [2.75, 3.05) is 0 Å². The molecule has 11 heteroatoms. The number of phenolic OH excluding ortho intramolecular Hbond substituents is 3. The molecule has 3 aromatic rings. The highest BCUT2D eigenvalue weighted by molar-refractivity contribution is 5.92. The number of aromatic hydroxyl groups is 4. The van der Waals surface area contributed by atoms with Crippen LogP contribution in [-0.2, 0) is 11.2 Å². The van der Waals surface area contributed by atoms with Crippen LogP contribution < -0.4 is 0 Å². The first-order valence-electron chi connectivity index (χ1n) is 7.93. The SMILES string of the molecule is O=C(O)Cc1cc(O)c(-c2ncnc(-c3cc(O)c(C(=O)O)cc3O)n2)cc1O. The Morgan fingerprint density at radius 2 is 1.31 bits per heavy atom. The molecule has 0 bridgehead atoms. The quantitative estimate of drug-likeness (QED) is 0.339. The third-order valence-corrected chi connectivity index (χ3v) is 3.94. The fourth-order valence-corrected chi connectivity index (χ4v) is 2.59. The number of phenols is 4. The van der Waals surface area contributed by atoms with E-state index in [9.17, 15) is 30.0 Å². The summed E-state index contributed by atoms with van der Waals surface area (Å²) in [7, 11) is 0.